The molecule has 0 atom stereocenters. The highest BCUT2D eigenvalue weighted by Crippen LogP contribution is 2.38. The number of rotatable bonds is 5. The molecule has 0 saturated carbocycles. The molecule has 50 heavy (non-hydrogen) atoms. The van der Waals surface area contributed by atoms with E-state index in [0.29, 0.717) is 17.5 Å². The zero-order chi connectivity index (χ0) is 33.0. The normalized spacial score (nSPS) is 11.6. The van der Waals surface area contributed by atoms with E-state index in [1.54, 1.807) is 0 Å². The highest BCUT2D eigenvalue weighted by Gasteiger charge is 2.20. The van der Waals surface area contributed by atoms with Crippen LogP contribution in [0.3, 0.4) is 0 Å². The first-order chi connectivity index (χ1) is 24.8. The Hall–Kier alpha value is -6.85. The van der Waals surface area contributed by atoms with E-state index in [0.717, 1.165) is 77.3 Å². The maximum atomic E-state index is 6.45. The van der Waals surface area contributed by atoms with Gasteiger partial charge >= 0.3 is 0 Å². The molecule has 0 fully saturated rings. The van der Waals surface area contributed by atoms with Crippen molar-refractivity contribution in [3.63, 3.8) is 0 Å². The summed E-state index contributed by atoms with van der Waals surface area (Å²) in [7, 11) is 0. The van der Waals surface area contributed by atoms with Gasteiger partial charge in [0.05, 0.1) is 5.56 Å². The van der Waals surface area contributed by atoms with Crippen molar-refractivity contribution in [2.24, 2.45) is 0 Å². The topological polar surface area (TPSA) is 65.0 Å². The zero-order valence-corrected chi connectivity index (χ0v) is 26.7. The molecule has 0 saturated heterocycles. The molecule has 10 aromatic rings. The van der Waals surface area contributed by atoms with Crippen LogP contribution >= 0.6 is 0 Å². The van der Waals surface area contributed by atoms with E-state index < -0.39 is 0 Å². The van der Waals surface area contributed by atoms with Crippen LogP contribution in [-0.2, 0) is 0 Å². The molecule has 234 valence electrons. The molecule has 0 aliphatic heterocycles. The van der Waals surface area contributed by atoms with Gasteiger partial charge in [-0.2, -0.15) is 0 Å². The molecule has 3 heterocycles. The number of para-hydroxylation sites is 3. The molecule has 3 aromatic heterocycles. The van der Waals surface area contributed by atoms with E-state index in [1.165, 1.54) is 5.56 Å². The van der Waals surface area contributed by atoms with Crippen LogP contribution in [0.1, 0.15) is 0 Å². The van der Waals surface area contributed by atoms with Gasteiger partial charge in [-0.1, -0.05) is 127 Å². The van der Waals surface area contributed by atoms with Crippen LogP contribution in [0.25, 0.3) is 100 Å². The average Bonchev–Trinajstić information content (AvgIpc) is 3.76. The summed E-state index contributed by atoms with van der Waals surface area (Å²) in [5, 5.41) is 4.14. The third-order valence-electron chi connectivity index (χ3n) is 9.39. The average molecular weight is 642 g/mol. The molecular weight excluding hydrogens is 615 g/mol. The number of furan rings is 2. The monoisotopic (exact) mass is 641 g/mol. The highest BCUT2D eigenvalue weighted by molar-refractivity contribution is 6.09. The fourth-order valence-electron chi connectivity index (χ4n) is 6.94. The molecule has 0 aliphatic carbocycles. The first-order valence-electron chi connectivity index (χ1n) is 16.6. The summed E-state index contributed by atoms with van der Waals surface area (Å²) in [5.74, 6) is 1.69. The fraction of sp³-hybridized carbons (Fsp3) is 0. The van der Waals surface area contributed by atoms with Gasteiger partial charge in [-0.15, -0.1) is 0 Å². The number of fused-ring (bicyclic) bond motifs is 6. The van der Waals surface area contributed by atoms with Crippen LogP contribution in [0.5, 0.6) is 0 Å². The lowest BCUT2D eigenvalue weighted by Crippen LogP contribution is -2.01. The van der Waals surface area contributed by atoms with E-state index in [-0.39, 0.29) is 0 Å². The number of benzene rings is 7. The van der Waals surface area contributed by atoms with E-state index in [2.05, 4.69) is 91.0 Å². The van der Waals surface area contributed by atoms with Gasteiger partial charge < -0.3 is 8.83 Å². The second-order valence-corrected chi connectivity index (χ2v) is 12.4. The number of hydrogen-bond donors (Lipinski definition) is 0. The van der Waals surface area contributed by atoms with Crippen molar-refractivity contribution in [2.45, 2.75) is 0 Å². The van der Waals surface area contributed by atoms with Crippen LogP contribution in [0, 0.1) is 0 Å². The van der Waals surface area contributed by atoms with Gasteiger partial charge in [0.2, 0.25) is 0 Å². The number of hydrogen-bond acceptors (Lipinski definition) is 5. The van der Waals surface area contributed by atoms with Gasteiger partial charge in [0.15, 0.2) is 17.5 Å². The number of nitrogens with zero attached hydrogens (tertiary/aromatic N) is 3. The summed E-state index contributed by atoms with van der Waals surface area (Å²) in [5.41, 5.74) is 10.3. The zero-order valence-electron chi connectivity index (χ0n) is 26.7. The second-order valence-electron chi connectivity index (χ2n) is 12.4. The van der Waals surface area contributed by atoms with Crippen molar-refractivity contribution in [3.05, 3.63) is 164 Å². The van der Waals surface area contributed by atoms with Crippen LogP contribution < -0.4 is 0 Å². The third kappa shape index (κ3) is 4.67. The molecule has 0 radical (unpaired) electrons. The van der Waals surface area contributed by atoms with Gasteiger partial charge in [-0.25, -0.2) is 15.0 Å². The lowest BCUT2D eigenvalue weighted by atomic mass is 9.96. The van der Waals surface area contributed by atoms with Gasteiger partial charge in [0, 0.05) is 32.7 Å². The minimum Gasteiger partial charge on any atom is -0.456 e. The lowest BCUT2D eigenvalue weighted by Gasteiger charge is -2.13. The van der Waals surface area contributed by atoms with Crippen molar-refractivity contribution < 1.29 is 8.83 Å². The highest BCUT2D eigenvalue weighted by atomic mass is 16.3. The Balaban J connectivity index is 1.18. The third-order valence-corrected chi connectivity index (χ3v) is 9.39. The Labute approximate surface area is 287 Å². The van der Waals surface area contributed by atoms with Gasteiger partial charge in [-0.3, -0.25) is 0 Å². The number of aromatic nitrogens is 3. The Bertz CT molecular complexity index is 2870. The Morgan fingerprint density at radius 1 is 0.300 bits per heavy atom. The van der Waals surface area contributed by atoms with Crippen molar-refractivity contribution in [1.29, 1.82) is 0 Å². The molecule has 0 amide bonds. The van der Waals surface area contributed by atoms with Crippen molar-refractivity contribution >= 4 is 43.9 Å². The first kappa shape index (κ1) is 28.2. The Morgan fingerprint density at radius 2 is 0.820 bits per heavy atom. The van der Waals surface area contributed by atoms with Crippen molar-refractivity contribution in [1.82, 2.24) is 15.0 Å². The summed E-state index contributed by atoms with van der Waals surface area (Å²) in [6.07, 6.45) is 0. The molecule has 7 aromatic carbocycles. The molecule has 0 unspecified atom stereocenters. The maximum Gasteiger partial charge on any atom is 0.167 e. The molecule has 0 bridgehead atoms. The van der Waals surface area contributed by atoms with Crippen LogP contribution in [0.15, 0.2) is 173 Å². The van der Waals surface area contributed by atoms with Crippen molar-refractivity contribution in [2.75, 3.05) is 0 Å². The molecule has 0 spiro atoms. The molecule has 5 heteroatoms. The largest absolute Gasteiger partial charge is 0.456 e. The summed E-state index contributed by atoms with van der Waals surface area (Å²) in [6.45, 7) is 0. The fourth-order valence-corrected chi connectivity index (χ4v) is 6.94. The predicted molar refractivity (Wildman–Crippen MR) is 202 cm³/mol. The van der Waals surface area contributed by atoms with Crippen molar-refractivity contribution in [3.8, 4) is 56.4 Å². The summed E-state index contributed by atoms with van der Waals surface area (Å²) in [6, 6.07) is 55.8. The molecule has 10 rings (SSSR count). The molecule has 0 N–H and O–H groups in total. The van der Waals surface area contributed by atoms with E-state index in [4.69, 9.17) is 23.8 Å². The lowest BCUT2D eigenvalue weighted by molar-refractivity contribution is 0.669. The Kier molecular flexibility index (Phi) is 6.42. The predicted octanol–water partition coefficient (Wildman–Crippen LogP) is 12.0. The molecular formula is C45H27N3O2. The van der Waals surface area contributed by atoms with Gasteiger partial charge in [-0.05, 0) is 58.7 Å². The molecule has 5 nitrogen and oxygen atoms in total. The second kappa shape index (κ2) is 11.4. The SMILES string of the molecule is c1ccc(-c2ccc(-c3ccccc3-c3nc(-c4ccc5oc6ccccc6c5c4)nc(-c4cccc5c4oc4ccccc45)n3)cc2)cc1. The van der Waals surface area contributed by atoms with E-state index >= 15 is 0 Å². The van der Waals surface area contributed by atoms with Crippen LogP contribution in [-0.4, -0.2) is 15.0 Å². The minimum atomic E-state index is 0.543. The quantitative estimate of drug-likeness (QED) is 0.187. The minimum absolute atomic E-state index is 0.543. The summed E-state index contributed by atoms with van der Waals surface area (Å²) in [4.78, 5) is 15.5. The van der Waals surface area contributed by atoms with Crippen LogP contribution in [0.2, 0.25) is 0 Å². The standard InChI is InChI=1S/C45H27N3O2/c1-2-11-28(12-3-1)29-21-23-30(24-22-29)32-13-4-5-16-36(32)44-46-43(31-25-26-41-38(27-31)34-15-7-8-19-39(34)49-41)47-45(48-44)37-18-10-17-35-33-14-6-9-20-40(33)50-42(35)37/h1-27H. The smallest absolute Gasteiger partial charge is 0.167 e. The summed E-state index contributed by atoms with van der Waals surface area (Å²) < 4.78 is 12.6. The van der Waals surface area contributed by atoms with Crippen LogP contribution in [0.4, 0.5) is 0 Å². The summed E-state index contributed by atoms with van der Waals surface area (Å²) >= 11 is 0. The maximum absolute atomic E-state index is 6.45. The van der Waals surface area contributed by atoms with Gasteiger partial charge in [0.1, 0.15) is 22.3 Å². The van der Waals surface area contributed by atoms with E-state index in [1.807, 2.05) is 72.8 Å². The van der Waals surface area contributed by atoms with E-state index in [9.17, 15) is 0 Å². The molecule has 0 aliphatic rings. The van der Waals surface area contributed by atoms with Gasteiger partial charge in [0.25, 0.3) is 0 Å². The first-order valence-corrected chi connectivity index (χ1v) is 16.6. The Morgan fingerprint density at radius 3 is 1.62 bits per heavy atom.